The molecule has 0 bridgehead atoms. The summed E-state index contributed by atoms with van der Waals surface area (Å²) in [6, 6.07) is 5.89. The molecule has 1 amide bonds. The number of carbonyl (C=O) groups is 4. The summed E-state index contributed by atoms with van der Waals surface area (Å²) >= 11 is 0. The van der Waals surface area contributed by atoms with Crippen molar-refractivity contribution in [2.75, 3.05) is 19.3 Å². The number of Topliss-reactive ketones (excluding diaryl/α,β-unsaturated/α-hetero) is 1. The maximum atomic E-state index is 14.2. The van der Waals surface area contributed by atoms with Crippen LogP contribution in [0.25, 0.3) is 0 Å². The Kier molecular flexibility index (Phi) is 12.0. The number of aliphatic hydroxyl groups excluding tert-OH is 1. The Balaban J connectivity index is 1.07. The molecule has 11 nitrogen and oxygen atoms in total. The Bertz CT molecular complexity index is 2180. The first-order valence-corrected chi connectivity index (χ1v) is 25.6. The lowest BCUT2D eigenvalue weighted by molar-refractivity contribution is -0.238. The molecule has 7 rings (SSSR count). The van der Waals surface area contributed by atoms with E-state index in [0.717, 1.165) is 63.2 Å². The van der Waals surface area contributed by atoms with E-state index in [-0.39, 0.29) is 68.7 Å². The summed E-state index contributed by atoms with van der Waals surface area (Å²) < 4.78 is 30.3. The molecule has 0 unspecified atom stereocenters. The number of aliphatic hydroxyl groups is 1. The van der Waals surface area contributed by atoms with E-state index in [0.29, 0.717) is 36.8 Å². The Hall–Kier alpha value is -3.09. The lowest BCUT2D eigenvalue weighted by atomic mass is 9.33. The van der Waals surface area contributed by atoms with E-state index in [9.17, 15) is 37.8 Å². The van der Waals surface area contributed by atoms with Crippen LogP contribution in [-0.4, -0.2) is 79.4 Å². The highest BCUT2D eigenvalue weighted by molar-refractivity contribution is 7.90. The summed E-state index contributed by atoms with van der Waals surface area (Å²) in [5.41, 5.74) is 0.184. The first kappa shape index (κ1) is 47.9. The van der Waals surface area contributed by atoms with E-state index in [1.807, 2.05) is 27.7 Å². The number of ketones is 1. The number of carbonyl (C=O) groups excluding carboxylic acids is 3. The number of aliphatic carboxylic acids is 1. The number of ether oxygens (including phenoxy) is 1. The SMILES string of the molecule is CC(C)C1=C2[C@H]3CC[C@@H]4[C@@]5(C)CC[C@H](OC(=O)[C@H]6C[C@@H](C(=O)O)C6(C)C)C(C)(C)[C@@H]5CC[C@@]4(C)[C@]3(C)CC[C@@]2([C@@H](O)CNCC(C)(C)NC(=O)c2ccc(S(C)(=O)=O)cc2)CC1=O. The summed E-state index contributed by atoms with van der Waals surface area (Å²) in [6.45, 7) is 24.6. The number of sulfone groups is 1. The maximum Gasteiger partial charge on any atom is 0.309 e. The van der Waals surface area contributed by atoms with E-state index in [1.165, 1.54) is 29.8 Å². The molecule has 0 radical (unpaired) electrons. The number of nitrogens with one attached hydrogen (secondary N) is 2. The average Bonchev–Trinajstić information content (AvgIpc) is 3.48. The van der Waals surface area contributed by atoms with Crippen molar-refractivity contribution in [1.82, 2.24) is 10.6 Å². The number of benzene rings is 1. The number of esters is 1. The molecule has 0 aliphatic heterocycles. The summed E-state index contributed by atoms with van der Waals surface area (Å²) in [5.74, 6) is -1.20. The molecule has 0 saturated heterocycles. The zero-order valence-electron chi connectivity index (χ0n) is 40.1. The van der Waals surface area contributed by atoms with Crippen molar-refractivity contribution in [3.8, 4) is 0 Å². The largest absolute Gasteiger partial charge is 0.481 e. The molecule has 12 heteroatoms. The van der Waals surface area contributed by atoms with Gasteiger partial charge in [0.25, 0.3) is 5.91 Å². The number of carboxylic acids is 1. The molecular weight excluding hydrogens is 817 g/mol. The highest BCUT2D eigenvalue weighted by Crippen LogP contribution is 2.77. The molecule has 5 fully saturated rings. The van der Waals surface area contributed by atoms with E-state index < -0.39 is 50.1 Å². The minimum atomic E-state index is -3.38. The molecule has 6 aliphatic carbocycles. The van der Waals surface area contributed by atoms with Crippen LogP contribution in [0, 0.1) is 68.0 Å². The van der Waals surface area contributed by atoms with E-state index in [1.54, 1.807) is 0 Å². The predicted octanol–water partition coefficient (Wildman–Crippen LogP) is 8.19. The number of carboxylic acid groups (broad SMARTS) is 1. The van der Waals surface area contributed by atoms with Crippen LogP contribution in [0.3, 0.4) is 0 Å². The van der Waals surface area contributed by atoms with Gasteiger partial charge in [0.1, 0.15) is 6.10 Å². The van der Waals surface area contributed by atoms with Gasteiger partial charge >= 0.3 is 11.9 Å². The minimum absolute atomic E-state index is 0.00794. The maximum absolute atomic E-state index is 14.2. The van der Waals surface area contributed by atoms with Gasteiger partial charge in [-0.1, -0.05) is 67.9 Å². The number of hydrogen-bond donors (Lipinski definition) is 4. The molecule has 5 saturated carbocycles. The van der Waals surface area contributed by atoms with Gasteiger partial charge < -0.3 is 25.6 Å². The van der Waals surface area contributed by atoms with Gasteiger partial charge in [-0.2, -0.15) is 0 Å². The van der Waals surface area contributed by atoms with Crippen molar-refractivity contribution >= 4 is 33.5 Å². The molecule has 11 atom stereocenters. The third-order valence-electron chi connectivity index (χ3n) is 19.1. The Morgan fingerprint density at radius 1 is 0.857 bits per heavy atom. The third kappa shape index (κ3) is 7.56. The molecule has 350 valence electrons. The van der Waals surface area contributed by atoms with Crippen molar-refractivity contribution in [1.29, 1.82) is 0 Å². The van der Waals surface area contributed by atoms with Crippen molar-refractivity contribution in [3.63, 3.8) is 0 Å². The molecule has 4 N–H and O–H groups in total. The van der Waals surface area contributed by atoms with Crippen molar-refractivity contribution in [3.05, 3.63) is 41.0 Å². The van der Waals surface area contributed by atoms with E-state index >= 15 is 0 Å². The summed E-state index contributed by atoms with van der Waals surface area (Å²) in [6.07, 6.45) is 8.22. The van der Waals surface area contributed by atoms with Crippen molar-refractivity contribution in [2.45, 2.75) is 163 Å². The van der Waals surface area contributed by atoms with Gasteiger partial charge in [0.2, 0.25) is 0 Å². The van der Waals surface area contributed by atoms with Gasteiger partial charge in [-0.05, 0) is 147 Å². The normalized spacial score (nSPS) is 37.5. The zero-order valence-corrected chi connectivity index (χ0v) is 40.9. The van der Waals surface area contributed by atoms with Crippen LogP contribution in [0.1, 0.15) is 151 Å². The van der Waals surface area contributed by atoms with Crippen molar-refractivity contribution < 1.29 is 42.5 Å². The van der Waals surface area contributed by atoms with E-state index in [2.05, 4.69) is 59.1 Å². The van der Waals surface area contributed by atoms with Gasteiger partial charge in [-0.3, -0.25) is 19.2 Å². The van der Waals surface area contributed by atoms with Gasteiger partial charge in [0.05, 0.1) is 22.8 Å². The fourth-order valence-corrected chi connectivity index (χ4v) is 15.9. The number of allylic oxidation sites excluding steroid dienone is 1. The quantitative estimate of drug-likeness (QED) is 0.150. The first-order chi connectivity index (χ1) is 29.0. The fourth-order valence-electron chi connectivity index (χ4n) is 15.2. The van der Waals surface area contributed by atoms with Crippen LogP contribution in [0.5, 0.6) is 0 Å². The molecular formula is C51H76N2O9S. The summed E-state index contributed by atoms with van der Waals surface area (Å²) in [4.78, 5) is 53.1. The summed E-state index contributed by atoms with van der Waals surface area (Å²) in [7, 11) is -3.38. The number of hydrogen-bond acceptors (Lipinski definition) is 9. The second-order valence-electron chi connectivity index (χ2n) is 23.9. The minimum Gasteiger partial charge on any atom is -0.481 e. The Morgan fingerprint density at radius 2 is 1.51 bits per heavy atom. The van der Waals surface area contributed by atoms with Crippen LogP contribution in [0.15, 0.2) is 40.3 Å². The number of fused-ring (bicyclic) bond motifs is 7. The van der Waals surface area contributed by atoms with Gasteiger partial charge in [-0.15, -0.1) is 0 Å². The van der Waals surface area contributed by atoms with Crippen LogP contribution < -0.4 is 10.6 Å². The average molecular weight is 893 g/mol. The second-order valence-corrected chi connectivity index (χ2v) is 25.9. The smallest absolute Gasteiger partial charge is 0.309 e. The first-order valence-electron chi connectivity index (χ1n) is 23.7. The lowest BCUT2D eigenvalue weighted by Crippen LogP contribution is -2.66. The topological polar surface area (TPSA) is 176 Å². The Morgan fingerprint density at radius 3 is 2.10 bits per heavy atom. The highest BCUT2D eigenvalue weighted by Gasteiger charge is 2.71. The fraction of sp³-hybridized carbons (Fsp3) is 0.765. The van der Waals surface area contributed by atoms with Crippen LogP contribution >= 0.6 is 0 Å². The van der Waals surface area contributed by atoms with Gasteiger partial charge in [-0.25, -0.2) is 8.42 Å². The lowest BCUT2D eigenvalue weighted by Gasteiger charge is -2.72. The van der Waals surface area contributed by atoms with Crippen LogP contribution in [-0.2, 0) is 29.0 Å². The highest BCUT2D eigenvalue weighted by atomic mass is 32.2. The molecule has 0 aromatic heterocycles. The van der Waals surface area contributed by atoms with Gasteiger partial charge in [0, 0.05) is 47.7 Å². The zero-order chi connectivity index (χ0) is 46.7. The van der Waals surface area contributed by atoms with E-state index in [4.69, 9.17) is 4.74 Å². The number of rotatable bonds is 12. The monoisotopic (exact) mass is 893 g/mol. The van der Waals surface area contributed by atoms with Crippen LogP contribution in [0.4, 0.5) is 0 Å². The molecule has 6 aliphatic rings. The molecule has 0 spiro atoms. The molecule has 1 aromatic carbocycles. The Labute approximate surface area is 376 Å². The van der Waals surface area contributed by atoms with Crippen LogP contribution in [0.2, 0.25) is 0 Å². The second kappa shape index (κ2) is 15.8. The molecule has 1 aromatic rings. The molecule has 63 heavy (non-hydrogen) atoms. The summed E-state index contributed by atoms with van der Waals surface area (Å²) in [5, 5.41) is 28.6. The predicted molar refractivity (Wildman–Crippen MR) is 242 cm³/mol. The number of amides is 1. The third-order valence-corrected chi connectivity index (χ3v) is 20.2. The standard InChI is InChI=1S/C51H76N2O9S/c1-29(2)40-35(54)26-51(38(55)27-52-28-45(3,4)53-42(56)30-13-15-31(16-14-30)63(12,60)61)24-23-49(10)32(41(40)51)17-18-37-48(9)21-20-39(47(7,8)36(48)19-22-50(37,49)11)62-44(59)34-25-33(43(57)58)46(34,5)6/h13-16,29,32-34,36-39,52,55H,17-28H2,1-12H3,(H,53,56)(H,57,58)/t32-,33+,34-,36+,37-,38+,39+,48+,49-,50-,51+/m1/s1. The van der Waals surface area contributed by atoms with Gasteiger partial charge in [0.15, 0.2) is 15.6 Å². The van der Waals surface area contributed by atoms with Crippen molar-refractivity contribution in [2.24, 2.45) is 68.0 Å². The molecule has 0 heterocycles.